The first-order valence-electron chi connectivity index (χ1n) is 10.7. The van der Waals surface area contributed by atoms with E-state index in [1.54, 1.807) is 72.2 Å². The summed E-state index contributed by atoms with van der Waals surface area (Å²) in [5.41, 5.74) is 9.41. The fraction of sp³-hybridized carbons (Fsp3) is 0.240. The highest BCUT2D eigenvalue weighted by Gasteiger charge is 2.29. The Morgan fingerprint density at radius 1 is 1.12 bits per heavy atom. The Morgan fingerprint density at radius 2 is 1.85 bits per heavy atom. The van der Waals surface area contributed by atoms with E-state index in [0.717, 1.165) is 5.56 Å². The van der Waals surface area contributed by atoms with E-state index in [1.165, 1.54) is 4.90 Å². The molecule has 172 valence electrons. The molecule has 0 atom stereocenters. The van der Waals surface area contributed by atoms with Crippen molar-refractivity contribution >= 4 is 23.4 Å². The van der Waals surface area contributed by atoms with E-state index in [-0.39, 0.29) is 30.3 Å². The molecule has 0 spiro atoms. The lowest BCUT2D eigenvalue weighted by Gasteiger charge is -2.28. The largest absolute Gasteiger partial charge is 0.365 e. The summed E-state index contributed by atoms with van der Waals surface area (Å²) < 4.78 is 1.71. The summed E-state index contributed by atoms with van der Waals surface area (Å²) in [5, 5.41) is 4.61. The molecule has 9 heteroatoms. The van der Waals surface area contributed by atoms with Gasteiger partial charge in [0.2, 0.25) is 5.91 Å². The van der Waals surface area contributed by atoms with Crippen LogP contribution in [0.5, 0.6) is 0 Å². The highest BCUT2D eigenvalue weighted by atomic mass is 16.2. The van der Waals surface area contributed by atoms with Crippen molar-refractivity contribution in [3.63, 3.8) is 0 Å². The predicted octanol–water partition coefficient (Wildman–Crippen LogP) is 2.49. The molecular formula is C25H24N6O3. The normalized spacial score (nSPS) is 12.6. The van der Waals surface area contributed by atoms with E-state index < -0.39 is 5.91 Å². The molecule has 1 aromatic heterocycles. The van der Waals surface area contributed by atoms with Crippen LogP contribution in [0, 0.1) is 6.57 Å². The van der Waals surface area contributed by atoms with Crippen LogP contribution in [0.2, 0.25) is 0 Å². The zero-order valence-electron chi connectivity index (χ0n) is 19.0. The van der Waals surface area contributed by atoms with Crippen LogP contribution in [0.25, 0.3) is 16.1 Å². The van der Waals surface area contributed by atoms with Gasteiger partial charge >= 0.3 is 0 Å². The van der Waals surface area contributed by atoms with Gasteiger partial charge in [-0.1, -0.05) is 36.4 Å². The average Bonchev–Trinajstić information content (AvgIpc) is 3.23. The predicted molar refractivity (Wildman–Crippen MR) is 126 cm³/mol. The minimum atomic E-state index is -0.635. The molecule has 0 aliphatic carbocycles. The molecule has 2 heterocycles. The van der Waals surface area contributed by atoms with E-state index in [2.05, 4.69) is 9.94 Å². The van der Waals surface area contributed by atoms with Crippen molar-refractivity contribution in [1.82, 2.24) is 19.6 Å². The molecule has 0 saturated carbocycles. The maximum Gasteiger partial charge on any atom is 0.253 e. The van der Waals surface area contributed by atoms with Gasteiger partial charge in [0.1, 0.15) is 5.69 Å². The molecule has 3 aromatic rings. The van der Waals surface area contributed by atoms with E-state index in [9.17, 15) is 14.4 Å². The Balaban J connectivity index is 1.62. The standard InChI is InChI=1S/C25H24N6O3/c1-27-19-9-7-16(8-10-19)13-21(32)30-11-12-31-20(15-30)22(24(26)33)23(28-31)17-5-4-6-18(14-17)25(34)29(2)3/h4-10,14H,11-13,15H2,2-3H3,(H2,26,33). The maximum absolute atomic E-state index is 13.0. The van der Waals surface area contributed by atoms with Crippen molar-refractivity contribution in [2.24, 2.45) is 5.73 Å². The summed E-state index contributed by atoms with van der Waals surface area (Å²) in [5.74, 6) is -0.879. The average molecular weight is 457 g/mol. The summed E-state index contributed by atoms with van der Waals surface area (Å²) in [4.78, 5) is 44.3. The second kappa shape index (κ2) is 9.19. The van der Waals surface area contributed by atoms with Crippen molar-refractivity contribution in [2.75, 3.05) is 20.6 Å². The highest BCUT2D eigenvalue weighted by Crippen LogP contribution is 2.29. The monoisotopic (exact) mass is 456 g/mol. The van der Waals surface area contributed by atoms with Crippen LogP contribution < -0.4 is 5.73 Å². The summed E-state index contributed by atoms with van der Waals surface area (Å²) >= 11 is 0. The van der Waals surface area contributed by atoms with Crippen LogP contribution in [0.4, 0.5) is 5.69 Å². The van der Waals surface area contributed by atoms with Crippen LogP contribution in [-0.2, 0) is 24.3 Å². The third-order valence-corrected chi connectivity index (χ3v) is 5.79. The van der Waals surface area contributed by atoms with E-state index in [4.69, 9.17) is 12.3 Å². The van der Waals surface area contributed by atoms with Gasteiger partial charge in [0.25, 0.3) is 11.8 Å². The van der Waals surface area contributed by atoms with Gasteiger partial charge in [0.05, 0.1) is 37.3 Å². The second-order valence-electron chi connectivity index (χ2n) is 8.31. The van der Waals surface area contributed by atoms with Gasteiger partial charge in [-0.05, 0) is 17.7 Å². The zero-order chi connectivity index (χ0) is 24.4. The lowest BCUT2D eigenvalue weighted by molar-refractivity contribution is -0.132. The molecule has 0 radical (unpaired) electrons. The molecule has 9 nitrogen and oxygen atoms in total. The highest BCUT2D eigenvalue weighted by molar-refractivity contribution is 6.01. The van der Waals surface area contributed by atoms with Crippen LogP contribution in [0.15, 0.2) is 48.5 Å². The third-order valence-electron chi connectivity index (χ3n) is 5.79. The van der Waals surface area contributed by atoms with Crippen molar-refractivity contribution in [1.29, 1.82) is 0 Å². The SMILES string of the molecule is [C-]#[N+]c1ccc(CC(=O)N2CCn3nc(-c4cccc(C(=O)N(C)C)c4)c(C(N)=O)c3C2)cc1. The smallest absolute Gasteiger partial charge is 0.253 e. The second-order valence-corrected chi connectivity index (χ2v) is 8.31. The lowest BCUT2D eigenvalue weighted by atomic mass is 10.0. The number of nitrogens with zero attached hydrogens (tertiary/aromatic N) is 5. The molecule has 2 aromatic carbocycles. The Morgan fingerprint density at radius 3 is 2.50 bits per heavy atom. The third kappa shape index (κ3) is 4.38. The van der Waals surface area contributed by atoms with Gasteiger partial charge in [-0.25, -0.2) is 4.85 Å². The number of nitrogens with two attached hydrogens (primary N) is 1. The van der Waals surface area contributed by atoms with E-state index in [0.29, 0.717) is 41.3 Å². The van der Waals surface area contributed by atoms with Gasteiger partial charge in [0.15, 0.2) is 5.69 Å². The number of hydrogen-bond acceptors (Lipinski definition) is 4. The molecule has 0 fully saturated rings. The Hall–Kier alpha value is -4.45. The van der Waals surface area contributed by atoms with E-state index in [1.807, 2.05) is 0 Å². The molecule has 3 amide bonds. The molecule has 1 aliphatic heterocycles. The van der Waals surface area contributed by atoms with Crippen molar-refractivity contribution < 1.29 is 14.4 Å². The molecule has 0 bridgehead atoms. The zero-order valence-corrected chi connectivity index (χ0v) is 19.0. The van der Waals surface area contributed by atoms with Gasteiger partial charge in [-0.2, -0.15) is 5.10 Å². The Labute approximate surface area is 197 Å². The number of aromatic nitrogens is 2. The first kappa shape index (κ1) is 22.7. The van der Waals surface area contributed by atoms with E-state index >= 15 is 0 Å². The van der Waals surface area contributed by atoms with Gasteiger partial charge in [-0.15, -0.1) is 0 Å². The van der Waals surface area contributed by atoms with Crippen molar-refractivity contribution in [3.8, 4) is 11.3 Å². The number of rotatable bonds is 5. The number of hydrogen-bond donors (Lipinski definition) is 1. The van der Waals surface area contributed by atoms with Gasteiger partial charge in [0, 0.05) is 31.8 Å². The lowest BCUT2D eigenvalue weighted by Crippen LogP contribution is -2.40. The number of fused-ring (bicyclic) bond motifs is 1. The van der Waals surface area contributed by atoms with Crippen LogP contribution in [-0.4, -0.2) is 57.9 Å². The maximum atomic E-state index is 13.0. The summed E-state index contributed by atoms with van der Waals surface area (Å²) in [6.45, 7) is 8.12. The quantitative estimate of drug-likeness (QED) is 0.596. The van der Waals surface area contributed by atoms with Crippen molar-refractivity contribution in [3.05, 3.63) is 82.3 Å². The molecule has 1 aliphatic rings. The van der Waals surface area contributed by atoms with Crippen LogP contribution in [0.1, 0.15) is 32.0 Å². The van der Waals surface area contributed by atoms with Gasteiger partial charge < -0.3 is 15.5 Å². The van der Waals surface area contributed by atoms with Crippen molar-refractivity contribution in [2.45, 2.75) is 19.5 Å². The fourth-order valence-electron chi connectivity index (χ4n) is 4.02. The molecule has 0 saturated heterocycles. The number of amides is 3. The number of carbonyl (C=O) groups excluding carboxylic acids is 3. The minimum absolute atomic E-state index is 0.0847. The van der Waals surface area contributed by atoms with Crippen LogP contribution >= 0.6 is 0 Å². The van der Waals surface area contributed by atoms with Crippen LogP contribution in [0.3, 0.4) is 0 Å². The Kier molecular flexibility index (Phi) is 6.15. The number of benzene rings is 2. The number of carbonyl (C=O) groups is 3. The summed E-state index contributed by atoms with van der Waals surface area (Å²) in [6.07, 6.45) is 0.194. The molecule has 4 rings (SSSR count). The van der Waals surface area contributed by atoms with Gasteiger partial charge in [-0.3, -0.25) is 19.1 Å². The number of primary amides is 1. The topological polar surface area (TPSA) is 106 Å². The molecule has 2 N–H and O–H groups in total. The minimum Gasteiger partial charge on any atom is -0.365 e. The first-order chi connectivity index (χ1) is 16.3. The molecule has 34 heavy (non-hydrogen) atoms. The summed E-state index contributed by atoms with van der Waals surface area (Å²) in [7, 11) is 3.34. The summed E-state index contributed by atoms with van der Waals surface area (Å²) in [6, 6.07) is 13.8. The Bertz CT molecular complexity index is 1320. The molecule has 0 unspecified atom stereocenters. The first-order valence-corrected chi connectivity index (χ1v) is 10.7. The fourth-order valence-corrected chi connectivity index (χ4v) is 4.02. The molecular weight excluding hydrogens is 432 g/mol.